The predicted octanol–water partition coefficient (Wildman–Crippen LogP) is 2.79. The molecule has 2 rings (SSSR count). The van der Waals surface area contributed by atoms with Gasteiger partial charge in [0.15, 0.2) is 0 Å². The lowest BCUT2D eigenvalue weighted by Gasteiger charge is -2.18. The van der Waals surface area contributed by atoms with Crippen molar-refractivity contribution < 1.29 is 19.4 Å². The highest BCUT2D eigenvalue weighted by Gasteiger charge is 2.19. The largest absolute Gasteiger partial charge is 0.550 e. The Balaban J connectivity index is 2.06. The first-order valence-electron chi connectivity index (χ1n) is 7.96. The number of carboxylic acids is 1. The number of carbonyl (C=O) groups excluding carboxylic acids is 2. The number of nitrogens with one attached hydrogen (secondary N) is 1. The van der Waals surface area contributed by atoms with Crippen molar-refractivity contribution in [2.75, 3.05) is 11.9 Å². The van der Waals surface area contributed by atoms with Crippen molar-refractivity contribution in [1.29, 1.82) is 0 Å². The first-order chi connectivity index (χ1) is 12.0. The van der Waals surface area contributed by atoms with Crippen LogP contribution in [0.25, 0.3) is 0 Å². The van der Waals surface area contributed by atoms with Crippen LogP contribution in [-0.4, -0.2) is 18.5 Å². The average Bonchev–Trinajstić information content (AvgIpc) is 2.58. The number of rotatable bonds is 8. The van der Waals surface area contributed by atoms with Gasteiger partial charge in [-0.2, -0.15) is 0 Å². The number of carbonyl (C=O) groups is 2. The lowest BCUT2D eigenvalue weighted by atomic mass is 9.95. The number of benzene rings is 2. The molecule has 0 unspecified atom stereocenters. The summed E-state index contributed by atoms with van der Waals surface area (Å²) in [5.41, 5.74) is 1.48. The molecule has 6 heteroatoms. The molecule has 0 aliphatic heterocycles. The van der Waals surface area contributed by atoms with E-state index in [2.05, 4.69) is 21.2 Å². The lowest BCUT2D eigenvalue weighted by Crippen LogP contribution is -2.32. The van der Waals surface area contributed by atoms with Gasteiger partial charge in [0.1, 0.15) is 5.75 Å². The molecule has 0 aliphatic rings. The molecule has 0 radical (unpaired) electrons. The molecule has 0 bridgehead atoms. The number of hydrogen-bond acceptors (Lipinski definition) is 4. The Kier molecular flexibility index (Phi) is 7.01. The molecule has 0 saturated heterocycles. The minimum atomic E-state index is -1.25. The van der Waals surface area contributed by atoms with E-state index >= 15 is 0 Å². The first kappa shape index (κ1) is 19.0. The Labute approximate surface area is 155 Å². The van der Waals surface area contributed by atoms with Crippen molar-refractivity contribution in [3.8, 4) is 5.75 Å². The zero-order chi connectivity index (χ0) is 18.2. The summed E-state index contributed by atoms with van der Waals surface area (Å²) in [6.45, 7) is 2.45. The van der Waals surface area contributed by atoms with Crippen LogP contribution in [0.3, 0.4) is 0 Å². The van der Waals surface area contributed by atoms with Gasteiger partial charge < -0.3 is 20.0 Å². The van der Waals surface area contributed by atoms with Crippen LogP contribution >= 0.6 is 15.9 Å². The molecule has 0 fully saturated rings. The van der Waals surface area contributed by atoms with Crippen LogP contribution < -0.4 is 15.2 Å². The number of anilines is 1. The molecule has 2 aromatic rings. The molecule has 25 heavy (non-hydrogen) atoms. The molecular weight excluding hydrogens is 386 g/mol. The minimum absolute atomic E-state index is 0.324. The van der Waals surface area contributed by atoms with Crippen molar-refractivity contribution in [2.45, 2.75) is 19.8 Å². The Hall–Kier alpha value is -2.34. The third-order valence-corrected chi connectivity index (χ3v) is 4.14. The highest BCUT2D eigenvalue weighted by molar-refractivity contribution is 9.10. The topological polar surface area (TPSA) is 78.5 Å². The van der Waals surface area contributed by atoms with Crippen molar-refractivity contribution in [2.24, 2.45) is 5.92 Å². The summed E-state index contributed by atoms with van der Waals surface area (Å²) >= 11 is 3.35. The van der Waals surface area contributed by atoms with E-state index < -0.39 is 11.9 Å². The van der Waals surface area contributed by atoms with Crippen LogP contribution in [0.5, 0.6) is 5.75 Å². The fraction of sp³-hybridized carbons (Fsp3) is 0.263. The fourth-order valence-corrected chi connectivity index (χ4v) is 2.67. The van der Waals surface area contributed by atoms with Crippen LogP contribution in [0.4, 0.5) is 5.69 Å². The number of hydrogen-bond donors (Lipinski definition) is 1. The van der Waals surface area contributed by atoms with E-state index in [1.807, 2.05) is 31.2 Å². The molecule has 0 heterocycles. The van der Waals surface area contributed by atoms with Gasteiger partial charge in [-0.05, 0) is 61.7 Å². The normalized spacial score (nSPS) is 11.6. The molecule has 1 atom stereocenters. The highest BCUT2D eigenvalue weighted by atomic mass is 79.9. The zero-order valence-corrected chi connectivity index (χ0v) is 15.4. The van der Waals surface area contributed by atoms with E-state index in [0.29, 0.717) is 24.5 Å². The molecule has 0 saturated carbocycles. The molecule has 132 valence electrons. The second kappa shape index (κ2) is 9.22. The Morgan fingerprint density at radius 2 is 1.76 bits per heavy atom. The van der Waals surface area contributed by atoms with Gasteiger partial charge in [-0.3, -0.25) is 4.79 Å². The first-order valence-corrected chi connectivity index (χ1v) is 8.75. The maximum atomic E-state index is 12.5. The zero-order valence-electron chi connectivity index (χ0n) is 13.8. The predicted molar refractivity (Wildman–Crippen MR) is 97.2 cm³/mol. The molecule has 0 spiro atoms. The van der Waals surface area contributed by atoms with Crippen molar-refractivity contribution in [3.05, 3.63) is 58.6 Å². The van der Waals surface area contributed by atoms with E-state index in [1.165, 1.54) is 0 Å². The van der Waals surface area contributed by atoms with E-state index in [4.69, 9.17) is 4.74 Å². The van der Waals surface area contributed by atoms with E-state index in [9.17, 15) is 14.7 Å². The number of amides is 1. The summed E-state index contributed by atoms with van der Waals surface area (Å²) < 4.78 is 6.27. The number of ether oxygens (including phenoxy) is 1. The van der Waals surface area contributed by atoms with E-state index in [-0.39, 0.29) is 12.3 Å². The van der Waals surface area contributed by atoms with Crippen LogP contribution in [0.15, 0.2) is 53.0 Å². The average molecular weight is 405 g/mol. The van der Waals surface area contributed by atoms with Crippen LogP contribution in [0.1, 0.15) is 18.9 Å². The third-order valence-electron chi connectivity index (χ3n) is 3.61. The molecule has 0 aromatic heterocycles. The maximum Gasteiger partial charge on any atom is 0.228 e. The summed E-state index contributed by atoms with van der Waals surface area (Å²) in [4.78, 5) is 23.5. The fourth-order valence-electron chi connectivity index (χ4n) is 2.41. The van der Waals surface area contributed by atoms with Gasteiger partial charge in [-0.1, -0.05) is 28.1 Å². The van der Waals surface area contributed by atoms with Gasteiger partial charge in [0.25, 0.3) is 0 Å². The van der Waals surface area contributed by atoms with Gasteiger partial charge in [-0.15, -0.1) is 0 Å². The van der Waals surface area contributed by atoms with Crippen LogP contribution in [0, 0.1) is 5.92 Å². The van der Waals surface area contributed by atoms with Crippen molar-refractivity contribution >= 4 is 33.5 Å². The smallest absolute Gasteiger partial charge is 0.228 e. The summed E-state index contributed by atoms with van der Waals surface area (Å²) in [6, 6.07) is 14.4. The van der Waals surface area contributed by atoms with Crippen LogP contribution in [-0.2, 0) is 16.0 Å². The molecule has 0 aliphatic carbocycles. The molecule has 1 N–H and O–H groups in total. The maximum absolute atomic E-state index is 12.5. The summed E-state index contributed by atoms with van der Waals surface area (Å²) in [7, 11) is 0. The van der Waals surface area contributed by atoms with Gasteiger partial charge in [-0.25, -0.2) is 0 Å². The van der Waals surface area contributed by atoms with Gasteiger partial charge in [0.2, 0.25) is 5.91 Å². The highest BCUT2D eigenvalue weighted by Crippen LogP contribution is 2.20. The SMILES string of the molecule is CCOc1ccc(NC(=O)[C@H](CC(=O)[O-])Cc2ccc(Br)cc2)cc1. The Bertz CT molecular complexity index is 713. The van der Waals surface area contributed by atoms with Crippen molar-refractivity contribution in [1.82, 2.24) is 0 Å². The molecule has 1 amide bonds. The monoisotopic (exact) mass is 404 g/mol. The quantitative estimate of drug-likeness (QED) is 0.733. The third kappa shape index (κ3) is 6.23. The van der Waals surface area contributed by atoms with Gasteiger partial charge in [0, 0.05) is 22.0 Å². The van der Waals surface area contributed by atoms with Gasteiger partial charge >= 0.3 is 0 Å². The van der Waals surface area contributed by atoms with E-state index in [1.54, 1.807) is 24.3 Å². The number of aliphatic carboxylic acids is 1. The lowest BCUT2D eigenvalue weighted by molar-refractivity contribution is -0.306. The summed E-state index contributed by atoms with van der Waals surface area (Å²) in [5.74, 6) is -1.60. The molecule has 2 aromatic carbocycles. The Morgan fingerprint density at radius 3 is 2.32 bits per heavy atom. The van der Waals surface area contributed by atoms with Crippen LogP contribution in [0.2, 0.25) is 0 Å². The molecule has 5 nitrogen and oxygen atoms in total. The summed E-state index contributed by atoms with van der Waals surface area (Å²) in [5, 5.41) is 13.8. The molecular formula is C19H19BrNO4-. The summed E-state index contributed by atoms with van der Waals surface area (Å²) in [6.07, 6.45) is -0.0109. The second-order valence-corrected chi connectivity index (χ2v) is 6.47. The minimum Gasteiger partial charge on any atom is -0.550 e. The second-order valence-electron chi connectivity index (χ2n) is 5.55. The van der Waals surface area contributed by atoms with Gasteiger partial charge in [0.05, 0.1) is 6.61 Å². The van der Waals surface area contributed by atoms with E-state index in [0.717, 1.165) is 10.0 Å². The van der Waals surface area contributed by atoms with Crippen molar-refractivity contribution in [3.63, 3.8) is 0 Å². The standard InChI is InChI=1S/C19H20BrNO4/c1-2-25-17-9-7-16(8-10-17)21-19(24)14(12-18(22)23)11-13-3-5-15(20)6-4-13/h3-10,14H,2,11-12H2,1H3,(H,21,24)(H,22,23)/p-1/t14-/m0/s1. The number of halogens is 1. The Morgan fingerprint density at radius 1 is 1.12 bits per heavy atom. The number of carboxylic acid groups (broad SMARTS) is 1.